The Morgan fingerprint density at radius 2 is 1.13 bits per heavy atom. The van der Waals surface area contributed by atoms with Crippen molar-refractivity contribution in [2.75, 3.05) is 39.6 Å². The Balaban J connectivity index is 2.81. The second kappa shape index (κ2) is 13.8. The number of hydrogen-bond acceptors (Lipinski definition) is 5. The molecule has 0 aliphatic heterocycles. The smallest absolute Gasteiger partial charge is 0.0875 e. The van der Waals surface area contributed by atoms with E-state index in [1.807, 2.05) is 13.8 Å². The van der Waals surface area contributed by atoms with Gasteiger partial charge in [-0.05, 0) is 26.7 Å². The molecule has 0 aromatic rings. The van der Waals surface area contributed by atoms with Gasteiger partial charge in [0, 0.05) is 26.4 Å². The molecule has 0 heterocycles. The second-order valence-corrected chi connectivity index (χ2v) is 2.81. The monoisotopic (exact) mass is 222 g/mol. The minimum atomic E-state index is 0.478. The summed E-state index contributed by atoms with van der Waals surface area (Å²) in [5, 5.41) is 4.48. The van der Waals surface area contributed by atoms with E-state index >= 15 is 0 Å². The highest BCUT2D eigenvalue weighted by Gasteiger charge is 1.92. The first-order valence-corrected chi connectivity index (χ1v) is 5.48. The predicted molar refractivity (Wildman–Crippen MR) is 55.2 cm³/mol. The zero-order chi connectivity index (χ0) is 11.2. The highest BCUT2D eigenvalue weighted by atomic mass is 17.5. The summed E-state index contributed by atoms with van der Waals surface area (Å²) in [7, 11) is 0. The number of rotatable bonds is 12. The van der Waals surface area contributed by atoms with E-state index in [1.54, 1.807) is 0 Å². The van der Waals surface area contributed by atoms with Crippen molar-refractivity contribution >= 4 is 0 Å². The van der Waals surface area contributed by atoms with Crippen LogP contribution in [0.25, 0.3) is 0 Å². The Morgan fingerprint density at radius 1 is 0.667 bits per heavy atom. The predicted octanol–water partition coefficient (Wildman–Crippen LogP) is 1.72. The van der Waals surface area contributed by atoms with E-state index in [0.717, 1.165) is 26.1 Å². The maximum atomic E-state index is 5.11. The first-order chi connectivity index (χ1) is 7.41. The van der Waals surface area contributed by atoms with Crippen molar-refractivity contribution in [2.24, 2.45) is 0 Å². The van der Waals surface area contributed by atoms with Crippen LogP contribution in [0.2, 0.25) is 0 Å². The van der Waals surface area contributed by atoms with Gasteiger partial charge in [-0.25, -0.2) is 9.78 Å². The van der Waals surface area contributed by atoms with Crippen LogP contribution in [0.1, 0.15) is 26.7 Å². The van der Waals surface area contributed by atoms with Gasteiger partial charge in [0.2, 0.25) is 0 Å². The molecule has 5 nitrogen and oxygen atoms in total. The highest BCUT2D eigenvalue weighted by molar-refractivity contribution is 4.30. The third-order valence-electron chi connectivity index (χ3n) is 1.54. The molecule has 0 aromatic carbocycles. The van der Waals surface area contributed by atoms with Crippen molar-refractivity contribution in [1.29, 1.82) is 0 Å². The lowest BCUT2D eigenvalue weighted by Gasteiger charge is -2.03. The van der Waals surface area contributed by atoms with E-state index in [9.17, 15) is 0 Å². The van der Waals surface area contributed by atoms with Crippen molar-refractivity contribution in [3.63, 3.8) is 0 Å². The molecule has 0 bridgehead atoms. The summed E-state index contributed by atoms with van der Waals surface area (Å²) in [5.41, 5.74) is 0. The summed E-state index contributed by atoms with van der Waals surface area (Å²) in [5.74, 6) is 0. The van der Waals surface area contributed by atoms with Gasteiger partial charge in [0.15, 0.2) is 0 Å². The third kappa shape index (κ3) is 13.8. The van der Waals surface area contributed by atoms with E-state index in [-0.39, 0.29) is 0 Å². The molecule has 0 atom stereocenters. The standard InChI is InChI=1S/C10H22O5/c1-3-11-7-5-9-13-15-14-10-6-8-12-4-2/h3-10H2,1-2H3. The van der Waals surface area contributed by atoms with Crippen LogP contribution in [0.5, 0.6) is 0 Å². The molecule has 0 amide bonds. The van der Waals surface area contributed by atoms with Gasteiger partial charge in [0.05, 0.1) is 13.2 Å². The molecule has 0 rings (SSSR count). The second-order valence-electron chi connectivity index (χ2n) is 2.81. The van der Waals surface area contributed by atoms with Crippen molar-refractivity contribution in [2.45, 2.75) is 26.7 Å². The molecule has 0 saturated carbocycles. The van der Waals surface area contributed by atoms with Gasteiger partial charge in [-0.2, -0.15) is 0 Å². The van der Waals surface area contributed by atoms with Crippen LogP contribution < -0.4 is 0 Å². The SMILES string of the molecule is CCOCCCOOOCCCOCC. The van der Waals surface area contributed by atoms with Crippen LogP contribution >= 0.6 is 0 Å². The van der Waals surface area contributed by atoms with E-state index in [4.69, 9.17) is 19.2 Å². The van der Waals surface area contributed by atoms with Crippen molar-refractivity contribution in [3.05, 3.63) is 0 Å². The van der Waals surface area contributed by atoms with Gasteiger partial charge < -0.3 is 9.47 Å². The lowest BCUT2D eigenvalue weighted by atomic mass is 10.5. The van der Waals surface area contributed by atoms with Crippen molar-refractivity contribution in [1.82, 2.24) is 0 Å². The summed E-state index contributed by atoms with van der Waals surface area (Å²) >= 11 is 0. The number of ether oxygens (including phenoxy) is 2. The summed E-state index contributed by atoms with van der Waals surface area (Å²) in [6, 6.07) is 0. The molecule has 0 aromatic heterocycles. The molecule has 0 N–H and O–H groups in total. The van der Waals surface area contributed by atoms with E-state index < -0.39 is 0 Å². The zero-order valence-electron chi connectivity index (χ0n) is 9.70. The summed E-state index contributed by atoms with van der Waals surface area (Å²) < 4.78 is 10.2. The van der Waals surface area contributed by atoms with Crippen LogP contribution in [-0.2, 0) is 24.3 Å². The molecule has 0 unspecified atom stereocenters. The average Bonchev–Trinajstić information content (AvgIpc) is 2.26. The molecule has 0 aliphatic rings. The minimum absolute atomic E-state index is 0.478. The molecule has 92 valence electrons. The fraction of sp³-hybridized carbons (Fsp3) is 1.00. The minimum Gasteiger partial charge on any atom is -0.382 e. The molecule has 15 heavy (non-hydrogen) atoms. The average molecular weight is 222 g/mol. The largest absolute Gasteiger partial charge is 0.382 e. The van der Waals surface area contributed by atoms with Gasteiger partial charge in [0.1, 0.15) is 0 Å². The lowest BCUT2D eigenvalue weighted by molar-refractivity contribution is -0.512. The third-order valence-corrected chi connectivity index (χ3v) is 1.54. The lowest BCUT2D eigenvalue weighted by Crippen LogP contribution is -2.05. The Hall–Kier alpha value is -0.200. The van der Waals surface area contributed by atoms with Crippen LogP contribution in [-0.4, -0.2) is 39.6 Å². The molecular weight excluding hydrogens is 200 g/mol. The van der Waals surface area contributed by atoms with Crippen LogP contribution in [0, 0.1) is 0 Å². The van der Waals surface area contributed by atoms with Gasteiger partial charge in [-0.3, -0.25) is 0 Å². The van der Waals surface area contributed by atoms with Crippen LogP contribution in [0.3, 0.4) is 0 Å². The first kappa shape index (κ1) is 14.8. The van der Waals surface area contributed by atoms with Gasteiger partial charge >= 0.3 is 0 Å². The van der Waals surface area contributed by atoms with Crippen molar-refractivity contribution in [3.8, 4) is 0 Å². The highest BCUT2D eigenvalue weighted by Crippen LogP contribution is 1.90. The number of hydrogen-bond donors (Lipinski definition) is 0. The Bertz CT molecular complexity index is 98.0. The molecule has 0 radical (unpaired) electrons. The quantitative estimate of drug-likeness (QED) is 0.286. The molecule has 0 aliphatic carbocycles. The molecule has 0 fully saturated rings. The van der Waals surface area contributed by atoms with Crippen LogP contribution in [0.4, 0.5) is 0 Å². The van der Waals surface area contributed by atoms with Crippen LogP contribution in [0.15, 0.2) is 0 Å². The van der Waals surface area contributed by atoms with E-state index in [2.05, 4.69) is 5.04 Å². The fourth-order valence-electron chi connectivity index (χ4n) is 0.831. The normalized spacial score (nSPS) is 10.8. The maximum Gasteiger partial charge on any atom is 0.0875 e. The Labute approximate surface area is 91.5 Å². The van der Waals surface area contributed by atoms with E-state index in [1.165, 1.54) is 0 Å². The Morgan fingerprint density at radius 3 is 1.53 bits per heavy atom. The van der Waals surface area contributed by atoms with Gasteiger partial charge in [-0.15, -0.1) is 0 Å². The summed E-state index contributed by atoms with van der Waals surface area (Å²) in [6.45, 7) is 7.70. The fourth-order valence-corrected chi connectivity index (χ4v) is 0.831. The topological polar surface area (TPSA) is 46.2 Å². The summed E-state index contributed by atoms with van der Waals surface area (Å²) in [6.07, 6.45) is 1.60. The van der Waals surface area contributed by atoms with Gasteiger partial charge in [-0.1, -0.05) is 5.04 Å². The maximum absolute atomic E-state index is 5.11. The molecule has 0 saturated heterocycles. The van der Waals surface area contributed by atoms with Gasteiger partial charge in [0.25, 0.3) is 0 Å². The molecule has 5 heteroatoms. The summed E-state index contributed by atoms with van der Waals surface area (Å²) in [4.78, 5) is 9.49. The van der Waals surface area contributed by atoms with E-state index in [0.29, 0.717) is 26.4 Å². The molecular formula is C10H22O5. The molecule has 0 spiro atoms. The Kier molecular flexibility index (Phi) is 13.6. The van der Waals surface area contributed by atoms with Crippen molar-refractivity contribution < 1.29 is 24.3 Å². The first-order valence-electron chi connectivity index (χ1n) is 5.48. The zero-order valence-corrected chi connectivity index (χ0v) is 9.70.